The molecule has 0 N–H and O–H groups in total. The minimum Gasteiger partial charge on any atom is -0.493 e. The van der Waals surface area contributed by atoms with Crippen molar-refractivity contribution in [2.75, 3.05) is 13.7 Å². The third-order valence-corrected chi connectivity index (χ3v) is 9.62. The number of hydrogen-bond acceptors (Lipinski definition) is 12. The van der Waals surface area contributed by atoms with Crippen LogP contribution >= 0.6 is 11.3 Å². The molecule has 0 saturated heterocycles. The summed E-state index contributed by atoms with van der Waals surface area (Å²) in [6.07, 6.45) is 5.87. The van der Waals surface area contributed by atoms with Crippen LogP contribution in [0.3, 0.4) is 0 Å². The highest BCUT2D eigenvalue weighted by Crippen LogP contribution is 2.31. The molecular formula is C45H40N4O8S. The van der Waals surface area contributed by atoms with Crippen molar-refractivity contribution in [3.05, 3.63) is 159 Å². The number of nitrogens with zero attached hydrogens (tertiary/aromatic N) is 4. The minimum absolute atomic E-state index is 0.0808. The number of aromatic nitrogens is 4. The first-order valence-corrected chi connectivity index (χ1v) is 19.4. The van der Waals surface area contributed by atoms with E-state index in [1.807, 2.05) is 110 Å². The van der Waals surface area contributed by atoms with Gasteiger partial charge in [-0.1, -0.05) is 54.6 Å². The van der Waals surface area contributed by atoms with Gasteiger partial charge in [0.15, 0.2) is 11.5 Å². The van der Waals surface area contributed by atoms with E-state index in [9.17, 15) is 9.59 Å². The van der Waals surface area contributed by atoms with E-state index in [1.54, 1.807) is 43.0 Å². The third kappa shape index (κ3) is 10.1. The van der Waals surface area contributed by atoms with Crippen LogP contribution < -0.4 is 14.2 Å². The van der Waals surface area contributed by atoms with Gasteiger partial charge in [0.2, 0.25) is 11.8 Å². The molecule has 58 heavy (non-hydrogen) atoms. The fraction of sp³-hybridized carbons (Fsp3) is 0.178. The Kier molecular flexibility index (Phi) is 12.7. The maximum absolute atomic E-state index is 12.4. The lowest BCUT2D eigenvalue weighted by Crippen LogP contribution is -2.07. The zero-order valence-corrected chi connectivity index (χ0v) is 32.9. The first-order valence-electron chi connectivity index (χ1n) is 18.5. The Labute approximate surface area is 339 Å². The molecule has 0 saturated carbocycles. The normalized spacial score (nSPS) is 11.1. The van der Waals surface area contributed by atoms with Gasteiger partial charge < -0.3 is 28.1 Å². The summed E-state index contributed by atoms with van der Waals surface area (Å²) >= 11 is 1.41. The van der Waals surface area contributed by atoms with Crippen molar-refractivity contribution >= 4 is 35.4 Å². The molecule has 0 amide bonds. The summed E-state index contributed by atoms with van der Waals surface area (Å²) in [7, 11) is 1.58. The lowest BCUT2D eigenvalue weighted by molar-refractivity contribution is -0.142. The molecule has 0 radical (unpaired) electrons. The molecule has 294 valence electrons. The molecule has 3 aromatic heterocycles. The van der Waals surface area contributed by atoms with Gasteiger partial charge in [-0.25, -0.2) is 19.4 Å². The van der Waals surface area contributed by atoms with Crippen molar-refractivity contribution in [2.24, 2.45) is 0 Å². The number of hydrogen-bond donors (Lipinski definition) is 0. The maximum atomic E-state index is 12.4. The van der Waals surface area contributed by atoms with Gasteiger partial charge in [0.1, 0.15) is 36.3 Å². The van der Waals surface area contributed by atoms with Crippen molar-refractivity contribution in [1.82, 2.24) is 19.7 Å². The predicted octanol–water partition coefficient (Wildman–Crippen LogP) is 9.09. The zero-order valence-electron chi connectivity index (χ0n) is 32.1. The molecule has 0 aliphatic carbocycles. The Morgan fingerprint density at radius 2 is 1.57 bits per heavy atom. The van der Waals surface area contributed by atoms with E-state index in [2.05, 4.69) is 9.97 Å². The minimum atomic E-state index is -0.396. The van der Waals surface area contributed by atoms with Crippen molar-refractivity contribution < 1.29 is 37.7 Å². The topological polar surface area (TPSA) is 137 Å². The summed E-state index contributed by atoms with van der Waals surface area (Å²) in [5.41, 5.74) is 5.95. The van der Waals surface area contributed by atoms with Crippen LogP contribution in [-0.2, 0) is 40.5 Å². The summed E-state index contributed by atoms with van der Waals surface area (Å²) in [5, 5.41) is 7.33. The van der Waals surface area contributed by atoms with Gasteiger partial charge in [0.05, 0.1) is 42.6 Å². The second kappa shape index (κ2) is 18.8. The van der Waals surface area contributed by atoms with Crippen LogP contribution in [0.4, 0.5) is 0 Å². The number of carbonyl (C=O) groups excluding carboxylic acids is 2. The number of oxazole rings is 1. The monoisotopic (exact) mass is 796 g/mol. The van der Waals surface area contributed by atoms with Crippen LogP contribution in [-0.4, -0.2) is 45.4 Å². The van der Waals surface area contributed by atoms with E-state index in [0.717, 1.165) is 27.9 Å². The highest BCUT2D eigenvalue weighted by atomic mass is 32.1. The second-order valence-electron chi connectivity index (χ2n) is 12.9. The molecule has 0 aliphatic heterocycles. The van der Waals surface area contributed by atoms with Gasteiger partial charge in [-0.3, -0.25) is 4.79 Å². The fourth-order valence-electron chi connectivity index (χ4n) is 5.79. The summed E-state index contributed by atoms with van der Waals surface area (Å²) in [6.45, 7) is 4.42. The Bertz CT molecular complexity index is 2490. The summed E-state index contributed by atoms with van der Waals surface area (Å²) in [4.78, 5) is 33.5. The van der Waals surface area contributed by atoms with Crippen molar-refractivity contribution in [2.45, 2.75) is 40.1 Å². The summed E-state index contributed by atoms with van der Waals surface area (Å²) < 4.78 is 36.3. The maximum Gasteiger partial charge on any atom is 0.338 e. The third-order valence-electron chi connectivity index (χ3n) is 8.78. The van der Waals surface area contributed by atoms with Crippen LogP contribution in [0, 0.1) is 6.92 Å². The molecule has 12 nitrogen and oxygen atoms in total. The lowest BCUT2D eigenvalue weighted by atomic mass is 10.1. The number of methoxy groups -OCH3 is 1. The standard InChI is InChI=1S/C45H40N4O8S/c1-4-53-42(50)24-31-15-18-33(19-16-31)43-47-38(30(2)57-43)27-54-39-22-17-32(23-40(39)52-3)26-55-44-35(25-49(48-44)37-13-9-6-10-14-37)20-21-36-29-58-41(46-36)28-56-45(51)34-11-7-5-8-12-34/h5-23,25,29H,4,24,26-28H2,1-3H3. The fourth-order valence-corrected chi connectivity index (χ4v) is 6.46. The van der Waals surface area contributed by atoms with Crippen molar-refractivity contribution in [3.8, 4) is 34.5 Å². The zero-order chi connectivity index (χ0) is 40.3. The Morgan fingerprint density at radius 3 is 2.33 bits per heavy atom. The van der Waals surface area contributed by atoms with Gasteiger partial charge in [-0.2, -0.15) is 0 Å². The number of esters is 2. The van der Waals surface area contributed by atoms with E-state index >= 15 is 0 Å². The highest BCUT2D eigenvalue weighted by molar-refractivity contribution is 7.09. The Balaban J connectivity index is 0.994. The molecule has 0 aliphatic rings. The SMILES string of the molecule is CCOC(=O)Cc1ccc(-c2nc(COc3ccc(COc4nn(-c5ccccc5)cc4C=Cc4csc(COC(=O)c5ccccc5)n4)cc3OC)c(C)o2)cc1. The lowest BCUT2D eigenvalue weighted by Gasteiger charge is -2.12. The smallest absolute Gasteiger partial charge is 0.338 e. The number of benzene rings is 4. The molecule has 7 aromatic rings. The first kappa shape index (κ1) is 39.3. The number of carbonyl (C=O) groups is 2. The van der Waals surface area contributed by atoms with Crippen LogP contribution in [0.5, 0.6) is 17.4 Å². The molecule has 0 fully saturated rings. The van der Waals surface area contributed by atoms with Crippen LogP contribution in [0.1, 0.15) is 56.1 Å². The largest absolute Gasteiger partial charge is 0.493 e. The molecule has 0 atom stereocenters. The van der Waals surface area contributed by atoms with Crippen LogP contribution in [0.25, 0.3) is 29.3 Å². The van der Waals surface area contributed by atoms with Gasteiger partial charge in [-0.15, -0.1) is 16.4 Å². The predicted molar refractivity (Wildman–Crippen MR) is 219 cm³/mol. The van der Waals surface area contributed by atoms with Crippen LogP contribution in [0.2, 0.25) is 0 Å². The molecule has 0 spiro atoms. The number of ether oxygens (including phenoxy) is 5. The van der Waals surface area contributed by atoms with E-state index < -0.39 is 5.97 Å². The molecule has 7 rings (SSSR count). The number of aryl methyl sites for hydroxylation is 1. The summed E-state index contributed by atoms with van der Waals surface area (Å²) in [5.74, 6) is 1.92. The van der Waals surface area contributed by atoms with Crippen molar-refractivity contribution in [1.29, 1.82) is 0 Å². The van der Waals surface area contributed by atoms with Gasteiger partial charge >= 0.3 is 11.9 Å². The number of para-hydroxylation sites is 1. The van der Waals surface area contributed by atoms with Crippen LogP contribution in [0.15, 0.2) is 119 Å². The van der Waals surface area contributed by atoms with E-state index in [1.165, 1.54) is 11.3 Å². The average Bonchev–Trinajstić information content (AvgIpc) is 4.00. The quantitative estimate of drug-likeness (QED) is 0.0816. The molecule has 4 aromatic carbocycles. The van der Waals surface area contributed by atoms with Gasteiger partial charge in [0, 0.05) is 17.1 Å². The number of thiazole rings is 1. The van der Waals surface area contributed by atoms with E-state index in [-0.39, 0.29) is 32.2 Å². The average molecular weight is 797 g/mol. The number of rotatable bonds is 17. The molecule has 3 heterocycles. The first-order chi connectivity index (χ1) is 28.3. The Hall–Kier alpha value is -6.99. The molecular weight excluding hydrogens is 757 g/mol. The molecule has 13 heteroatoms. The van der Waals surface area contributed by atoms with Gasteiger partial charge in [-0.05, 0) is 85.7 Å². The second-order valence-corrected chi connectivity index (χ2v) is 13.8. The highest BCUT2D eigenvalue weighted by Gasteiger charge is 2.16. The summed E-state index contributed by atoms with van der Waals surface area (Å²) in [6, 6.07) is 31.7. The van der Waals surface area contributed by atoms with Gasteiger partial charge in [0.25, 0.3) is 0 Å². The molecule has 0 bridgehead atoms. The van der Waals surface area contributed by atoms with Crippen molar-refractivity contribution in [3.63, 3.8) is 0 Å². The van der Waals surface area contributed by atoms with E-state index in [0.29, 0.717) is 57.6 Å². The Morgan fingerprint density at radius 1 is 0.810 bits per heavy atom. The molecule has 0 unspecified atom stereocenters. The van der Waals surface area contributed by atoms with E-state index in [4.69, 9.17) is 33.2 Å².